The molecule has 6 aromatic carbocycles. The minimum atomic E-state index is -0.0888. The Bertz CT molecular complexity index is 3590. The summed E-state index contributed by atoms with van der Waals surface area (Å²) in [5.41, 5.74) is 23.8. The van der Waals surface area contributed by atoms with Gasteiger partial charge in [-0.15, -0.1) is 11.3 Å². The Hall–Kier alpha value is -5.06. The fraction of sp³-hybridized carbons (Fsp3) is 0.441. The third-order valence-electron chi connectivity index (χ3n) is 18.7. The third-order valence-corrected chi connectivity index (χ3v) is 19.9. The van der Waals surface area contributed by atoms with Crippen molar-refractivity contribution >= 4 is 82.8 Å². The van der Waals surface area contributed by atoms with Crippen molar-refractivity contribution in [2.75, 3.05) is 4.90 Å². The molecule has 0 fully saturated rings. The lowest BCUT2D eigenvalue weighted by atomic mass is 9.31. The molecule has 0 bridgehead atoms. The number of para-hydroxylation sites is 1. The predicted molar refractivity (Wildman–Crippen MR) is 314 cm³/mol. The standard InChI is InChI=1S/C68H78BNOS/c1-62(2,3)40-23-25-43-45(32-39-22-26-49(64(7,8)9)60-57(39)44-20-18-19-21-55(44)71-60)46-33-41(63(4,5)6)35-54-58(46)69(53(43)34-40)59-47-37-51-52(68(16,17)31-30-67(51,14)15)38-56(47)72-61(59)70(54)42-24-27-48-50(36-42)66(12,13)29-28-65(48,10)11/h18-27,33-38,45H,28-32H2,1-17H3. The number of hydrogen-bond acceptors (Lipinski definition) is 3. The Balaban J connectivity index is 1.21. The third kappa shape index (κ3) is 7.13. The van der Waals surface area contributed by atoms with Crippen LogP contribution in [0.3, 0.4) is 0 Å². The normalized spacial score (nSPS) is 19.5. The molecule has 2 aliphatic carbocycles. The summed E-state index contributed by atoms with van der Waals surface area (Å²) in [6.07, 6.45) is 5.65. The highest BCUT2D eigenvalue weighted by atomic mass is 32.1. The highest BCUT2D eigenvalue weighted by molar-refractivity contribution is 7.26. The van der Waals surface area contributed by atoms with Crippen molar-refractivity contribution in [1.82, 2.24) is 0 Å². The molecule has 12 rings (SSSR count). The van der Waals surface area contributed by atoms with E-state index in [9.17, 15) is 0 Å². The largest absolute Gasteiger partial charge is 0.456 e. The quantitative estimate of drug-likeness (QED) is 0.164. The van der Waals surface area contributed by atoms with Gasteiger partial charge in [0.1, 0.15) is 11.2 Å². The van der Waals surface area contributed by atoms with Crippen LogP contribution in [0.4, 0.5) is 16.4 Å². The molecule has 0 saturated heterocycles. The van der Waals surface area contributed by atoms with E-state index in [1.165, 1.54) is 135 Å². The van der Waals surface area contributed by atoms with Crippen LogP contribution >= 0.6 is 11.3 Å². The summed E-state index contributed by atoms with van der Waals surface area (Å²) in [6, 6.07) is 39.5. The van der Waals surface area contributed by atoms with E-state index < -0.39 is 0 Å². The molecule has 2 nitrogen and oxygen atoms in total. The lowest BCUT2D eigenvalue weighted by Gasteiger charge is -2.45. The molecule has 72 heavy (non-hydrogen) atoms. The molecule has 2 aromatic heterocycles. The van der Waals surface area contributed by atoms with Gasteiger partial charge in [-0.3, -0.25) is 0 Å². The molecule has 1 atom stereocenters. The number of benzene rings is 6. The van der Waals surface area contributed by atoms with Gasteiger partial charge in [-0.05, 0) is 173 Å². The average molecular weight is 968 g/mol. The van der Waals surface area contributed by atoms with Crippen molar-refractivity contribution in [3.05, 3.63) is 153 Å². The fourth-order valence-corrected chi connectivity index (χ4v) is 15.2. The second-order valence-corrected chi connectivity index (χ2v) is 29.7. The maximum Gasteiger partial charge on any atom is 0.249 e. The summed E-state index contributed by atoms with van der Waals surface area (Å²) in [7, 11) is 0. The molecule has 370 valence electrons. The highest BCUT2D eigenvalue weighted by Gasteiger charge is 2.48. The molecule has 4 aliphatic rings. The molecule has 1 unspecified atom stereocenters. The first-order chi connectivity index (χ1) is 33.5. The summed E-state index contributed by atoms with van der Waals surface area (Å²) in [5, 5.41) is 5.32. The van der Waals surface area contributed by atoms with Gasteiger partial charge in [-0.2, -0.15) is 0 Å². The molecule has 0 saturated carbocycles. The zero-order valence-corrected chi connectivity index (χ0v) is 47.5. The molecule has 0 amide bonds. The summed E-state index contributed by atoms with van der Waals surface area (Å²) < 4.78 is 8.34. The number of furan rings is 1. The number of hydrogen-bond donors (Lipinski definition) is 0. The molecule has 8 aromatic rings. The van der Waals surface area contributed by atoms with Gasteiger partial charge in [0, 0.05) is 38.3 Å². The molecule has 4 heteroatoms. The van der Waals surface area contributed by atoms with Crippen LogP contribution in [0.15, 0.2) is 101 Å². The lowest BCUT2D eigenvalue weighted by Crippen LogP contribution is -2.62. The van der Waals surface area contributed by atoms with Crippen molar-refractivity contribution in [3.8, 4) is 0 Å². The van der Waals surface area contributed by atoms with Gasteiger partial charge >= 0.3 is 0 Å². The van der Waals surface area contributed by atoms with Crippen LogP contribution in [0.25, 0.3) is 32.0 Å². The topological polar surface area (TPSA) is 16.4 Å². The van der Waals surface area contributed by atoms with E-state index in [0.29, 0.717) is 0 Å². The molecule has 0 N–H and O–H groups in total. The average Bonchev–Trinajstić information content (AvgIpc) is 3.87. The monoisotopic (exact) mass is 968 g/mol. The molecular formula is C68H78BNOS. The second kappa shape index (κ2) is 15.3. The molecule has 0 spiro atoms. The van der Waals surface area contributed by atoms with E-state index in [4.69, 9.17) is 4.42 Å². The van der Waals surface area contributed by atoms with E-state index in [1.807, 2.05) is 11.3 Å². The van der Waals surface area contributed by atoms with Crippen LogP contribution in [0.1, 0.15) is 205 Å². The minimum Gasteiger partial charge on any atom is -0.456 e. The lowest BCUT2D eigenvalue weighted by molar-refractivity contribution is 0.332. The van der Waals surface area contributed by atoms with Crippen molar-refractivity contribution in [2.24, 2.45) is 0 Å². The maximum absolute atomic E-state index is 6.92. The number of nitrogens with zero attached hydrogens (tertiary/aromatic N) is 1. The van der Waals surface area contributed by atoms with Crippen LogP contribution in [-0.4, -0.2) is 6.71 Å². The van der Waals surface area contributed by atoms with E-state index in [1.54, 1.807) is 0 Å². The number of anilines is 3. The van der Waals surface area contributed by atoms with E-state index in [2.05, 4.69) is 220 Å². The first-order valence-corrected chi connectivity index (χ1v) is 28.2. The first-order valence-electron chi connectivity index (χ1n) is 27.4. The van der Waals surface area contributed by atoms with Crippen LogP contribution in [0.5, 0.6) is 0 Å². The predicted octanol–water partition coefficient (Wildman–Crippen LogP) is 17.4. The van der Waals surface area contributed by atoms with Gasteiger partial charge in [-0.25, -0.2) is 0 Å². The van der Waals surface area contributed by atoms with Gasteiger partial charge in [-0.1, -0.05) is 184 Å². The van der Waals surface area contributed by atoms with Gasteiger partial charge in [0.15, 0.2) is 0 Å². The molecular weight excluding hydrogens is 890 g/mol. The maximum atomic E-state index is 6.92. The van der Waals surface area contributed by atoms with Gasteiger partial charge in [0.05, 0.1) is 5.00 Å². The summed E-state index contributed by atoms with van der Waals surface area (Å²) in [4.78, 5) is 2.77. The zero-order chi connectivity index (χ0) is 51.2. The summed E-state index contributed by atoms with van der Waals surface area (Å²) in [6.45, 7) is 41.3. The zero-order valence-electron chi connectivity index (χ0n) is 46.7. The minimum absolute atomic E-state index is 0.0208. The van der Waals surface area contributed by atoms with Crippen LogP contribution in [-0.2, 0) is 44.3 Å². The Labute approximate surface area is 436 Å². The van der Waals surface area contributed by atoms with Crippen molar-refractivity contribution in [1.29, 1.82) is 0 Å². The Kier molecular flexibility index (Phi) is 10.2. The number of thiophene rings is 1. The Morgan fingerprint density at radius 2 is 1.19 bits per heavy atom. The van der Waals surface area contributed by atoms with Crippen LogP contribution in [0.2, 0.25) is 0 Å². The summed E-state index contributed by atoms with van der Waals surface area (Å²) in [5.74, 6) is 0.114. The van der Waals surface area contributed by atoms with Crippen LogP contribution in [0, 0.1) is 0 Å². The van der Waals surface area contributed by atoms with Crippen LogP contribution < -0.4 is 21.3 Å². The smallest absolute Gasteiger partial charge is 0.249 e. The fourth-order valence-electron chi connectivity index (χ4n) is 13.9. The van der Waals surface area contributed by atoms with Gasteiger partial charge in [0.25, 0.3) is 0 Å². The van der Waals surface area contributed by atoms with Crippen molar-refractivity contribution in [2.45, 2.75) is 194 Å². The first kappa shape index (κ1) is 47.9. The van der Waals surface area contributed by atoms with E-state index in [0.717, 1.165) is 17.6 Å². The van der Waals surface area contributed by atoms with Crippen molar-refractivity contribution in [3.63, 3.8) is 0 Å². The Morgan fingerprint density at radius 1 is 0.569 bits per heavy atom. The SMILES string of the molecule is CC(C)(C)c1ccc2c(c1)B1c3c(cc(C(C)(C)C)cc3N(c3ccc4c(c3)C(C)(C)CCC4(C)C)c3sc4cc5c(cc4c31)C(C)(C)CCC5(C)C)C2Cc1ccc(C(C)(C)C)c2oc3ccccc3c12. The highest BCUT2D eigenvalue weighted by Crippen LogP contribution is 2.54. The van der Waals surface area contributed by atoms with E-state index in [-0.39, 0.29) is 50.5 Å². The second-order valence-electron chi connectivity index (χ2n) is 28.7. The molecule has 2 aliphatic heterocycles. The summed E-state index contributed by atoms with van der Waals surface area (Å²) >= 11 is 2.05. The number of fused-ring (bicyclic) bond motifs is 11. The molecule has 4 heterocycles. The number of rotatable bonds is 3. The van der Waals surface area contributed by atoms with E-state index >= 15 is 0 Å². The van der Waals surface area contributed by atoms with Gasteiger partial charge < -0.3 is 9.32 Å². The Morgan fingerprint density at radius 3 is 1.85 bits per heavy atom. The van der Waals surface area contributed by atoms with Gasteiger partial charge in [0.2, 0.25) is 6.71 Å². The molecule has 0 radical (unpaired) electrons. The van der Waals surface area contributed by atoms with Crippen molar-refractivity contribution < 1.29 is 4.42 Å².